The molecule has 0 atom stereocenters. The summed E-state index contributed by atoms with van der Waals surface area (Å²) in [7, 11) is 0. The Hall–Kier alpha value is -0.877. The molecule has 0 saturated heterocycles. The van der Waals surface area contributed by atoms with Gasteiger partial charge in [0.2, 0.25) is 0 Å². The van der Waals surface area contributed by atoms with Gasteiger partial charge in [0.1, 0.15) is 0 Å². The fourth-order valence-electron chi connectivity index (χ4n) is 2.49. The second-order valence-electron chi connectivity index (χ2n) is 5.67. The second kappa shape index (κ2) is 14.2. The minimum absolute atomic E-state index is 0. The predicted molar refractivity (Wildman–Crippen MR) is 104 cm³/mol. The van der Waals surface area contributed by atoms with Crippen LogP contribution in [0.3, 0.4) is 0 Å². The molecular formula is C23H24Cl2Zr-4. The van der Waals surface area contributed by atoms with Crippen LogP contribution in [-0.2, 0) is 26.2 Å². The van der Waals surface area contributed by atoms with Crippen LogP contribution in [0.25, 0.3) is 21.5 Å². The van der Waals surface area contributed by atoms with E-state index in [9.17, 15) is 0 Å². The Balaban J connectivity index is 0. The molecule has 3 heteroatoms. The Bertz CT molecular complexity index is 787. The normalized spacial score (nSPS) is 8.77. The molecule has 0 unspecified atom stereocenters. The maximum Gasteiger partial charge on any atom is 2.00 e. The Morgan fingerprint density at radius 1 is 0.692 bits per heavy atom. The molecule has 4 aromatic rings. The first-order chi connectivity index (χ1) is 11.1. The third-order valence-corrected chi connectivity index (χ3v) is 3.59. The molecule has 0 N–H and O–H groups in total. The molecule has 0 saturated carbocycles. The topological polar surface area (TPSA) is 0 Å². The molecule has 4 rings (SSSR count). The van der Waals surface area contributed by atoms with E-state index in [4.69, 9.17) is 0 Å². The van der Waals surface area contributed by atoms with Crippen LogP contribution in [0.4, 0.5) is 0 Å². The van der Waals surface area contributed by atoms with Gasteiger partial charge < -0.3 is 45.1 Å². The molecule has 0 aliphatic heterocycles. The van der Waals surface area contributed by atoms with Crippen LogP contribution in [0.15, 0.2) is 72.8 Å². The maximum absolute atomic E-state index is 3.38. The van der Waals surface area contributed by atoms with E-state index in [-0.39, 0.29) is 51.0 Å². The molecule has 0 nitrogen and oxygen atoms in total. The van der Waals surface area contributed by atoms with Gasteiger partial charge in [-0.2, -0.15) is 24.3 Å². The van der Waals surface area contributed by atoms with Crippen LogP contribution in [0.5, 0.6) is 0 Å². The molecule has 26 heavy (non-hydrogen) atoms. The van der Waals surface area contributed by atoms with Crippen molar-refractivity contribution in [1.82, 2.24) is 0 Å². The molecule has 0 radical (unpaired) electrons. The summed E-state index contributed by atoms with van der Waals surface area (Å²) < 4.78 is 0. The summed E-state index contributed by atoms with van der Waals surface area (Å²) in [4.78, 5) is 0. The molecule has 0 bridgehead atoms. The van der Waals surface area contributed by atoms with Crippen molar-refractivity contribution in [2.75, 3.05) is 0 Å². The molecule has 0 aliphatic carbocycles. The van der Waals surface area contributed by atoms with E-state index in [1.54, 1.807) is 0 Å². The fourth-order valence-corrected chi connectivity index (χ4v) is 2.49. The first-order valence-corrected chi connectivity index (χ1v) is 7.96. The Morgan fingerprint density at radius 2 is 1.04 bits per heavy atom. The molecule has 0 aliphatic rings. The second-order valence-corrected chi connectivity index (χ2v) is 5.67. The molecule has 4 aromatic carbocycles. The van der Waals surface area contributed by atoms with E-state index < -0.39 is 0 Å². The Morgan fingerprint density at radius 3 is 1.38 bits per heavy atom. The summed E-state index contributed by atoms with van der Waals surface area (Å²) in [6, 6.07) is 25.7. The summed E-state index contributed by atoms with van der Waals surface area (Å²) in [6.07, 6.45) is 0.750. The van der Waals surface area contributed by atoms with Crippen LogP contribution in [0.1, 0.15) is 17.5 Å². The van der Waals surface area contributed by atoms with Gasteiger partial charge in [0, 0.05) is 0 Å². The van der Waals surface area contributed by atoms with Crippen LogP contribution in [0.2, 0.25) is 0 Å². The number of hydrogen-bond donors (Lipinski definition) is 0. The minimum Gasteiger partial charge on any atom is -1.00 e. The van der Waals surface area contributed by atoms with Crippen molar-refractivity contribution < 1.29 is 51.0 Å². The van der Waals surface area contributed by atoms with Crippen molar-refractivity contribution in [3.05, 3.63) is 97.8 Å². The minimum atomic E-state index is 0. The van der Waals surface area contributed by atoms with Crippen molar-refractivity contribution in [1.29, 1.82) is 0 Å². The molecule has 0 spiro atoms. The van der Waals surface area contributed by atoms with Crippen LogP contribution in [-0.4, -0.2) is 0 Å². The van der Waals surface area contributed by atoms with Crippen molar-refractivity contribution in [3.63, 3.8) is 0 Å². The summed E-state index contributed by atoms with van der Waals surface area (Å²) in [5, 5.41) is 5.37. The molecule has 0 aromatic heterocycles. The SMILES string of the molecule is Cc1ccc2cc[cH-]c2c1.Cc1ccc2cc[cH-]c2c1.[CH2-]C[CH2-].[Cl-].[Cl-].[Zr+2]. The number of halogens is 2. The van der Waals surface area contributed by atoms with Crippen molar-refractivity contribution in [3.8, 4) is 0 Å². The van der Waals surface area contributed by atoms with Gasteiger partial charge in [0.15, 0.2) is 0 Å². The van der Waals surface area contributed by atoms with Gasteiger partial charge in [-0.1, -0.05) is 23.3 Å². The third-order valence-electron chi connectivity index (χ3n) is 3.59. The summed E-state index contributed by atoms with van der Waals surface area (Å²) in [5.41, 5.74) is 2.66. The van der Waals surface area contributed by atoms with E-state index >= 15 is 0 Å². The van der Waals surface area contributed by atoms with E-state index in [2.05, 4.69) is 100 Å². The molecule has 138 valence electrons. The van der Waals surface area contributed by atoms with Gasteiger partial charge in [-0.15, -0.1) is 57.9 Å². The van der Waals surface area contributed by atoms with E-state index in [1.165, 1.54) is 32.7 Å². The Kier molecular flexibility index (Phi) is 14.9. The monoisotopic (exact) mass is 460 g/mol. The molecule has 0 amide bonds. The number of aryl methyl sites for hydroxylation is 2. The van der Waals surface area contributed by atoms with Gasteiger partial charge >= 0.3 is 26.2 Å². The summed E-state index contributed by atoms with van der Waals surface area (Å²) in [5.74, 6) is 0. The van der Waals surface area contributed by atoms with E-state index in [0.29, 0.717) is 0 Å². The fraction of sp³-hybridized carbons (Fsp3) is 0.130. The number of benzene rings is 2. The van der Waals surface area contributed by atoms with Crippen molar-refractivity contribution in [2.24, 2.45) is 0 Å². The van der Waals surface area contributed by atoms with Crippen molar-refractivity contribution in [2.45, 2.75) is 20.3 Å². The van der Waals surface area contributed by atoms with Gasteiger partial charge in [0.25, 0.3) is 0 Å². The van der Waals surface area contributed by atoms with E-state index in [1.807, 2.05) is 0 Å². The zero-order chi connectivity index (χ0) is 16.7. The van der Waals surface area contributed by atoms with Gasteiger partial charge in [-0.25, -0.2) is 0 Å². The summed E-state index contributed by atoms with van der Waals surface area (Å²) in [6.45, 7) is 11.0. The quantitative estimate of drug-likeness (QED) is 0.339. The first-order valence-electron chi connectivity index (χ1n) is 7.96. The number of rotatable bonds is 0. The van der Waals surface area contributed by atoms with Crippen LogP contribution >= 0.6 is 0 Å². The molecule has 0 fully saturated rings. The standard InChI is InChI=1S/2C10H9.C3H6.2ClH.Zr/c2*1-8-5-6-9-3-2-4-10(9)7-8;1-3-2;;;/h2*2-7H,1H3;1-3H2;2*1H;/q2*-1;-2;;;+2/p-2. The molecule has 0 heterocycles. The average molecular weight is 463 g/mol. The van der Waals surface area contributed by atoms with Crippen LogP contribution in [0, 0.1) is 27.7 Å². The molecular weight excluding hydrogens is 438 g/mol. The summed E-state index contributed by atoms with van der Waals surface area (Å²) >= 11 is 0. The third kappa shape index (κ3) is 8.21. The largest absolute Gasteiger partial charge is 2.00 e. The van der Waals surface area contributed by atoms with Gasteiger partial charge in [-0.3, -0.25) is 0 Å². The Labute approximate surface area is 189 Å². The predicted octanol–water partition coefficient (Wildman–Crippen LogP) is 0.784. The van der Waals surface area contributed by atoms with Crippen LogP contribution < -0.4 is 24.8 Å². The smallest absolute Gasteiger partial charge is 1.00 e. The average Bonchev–Trinajstić information content (AvgIpc) is 3.16. The van der Waals surface area contributed by atoms with Gasteiger partial charge in [0.05, 0.1) is 0 Å². The zero-order valence-electron chi connectivity index (χ0n) is 15.3. The van der Waals surface area contributed by atoms with Crippen molar-refractivity contribution >= 4 is 21.5 Å². The van der Waals surface area contributed by atoms with E-state index in [0.717, 1.165) is 6.42 Å². The number of fused-ring (bicyclic) bond motifs is 2. The van der Waals surface area contributed by atoms with Gasteiger partial charge in [-0.05, 0) is 13.8 Å². The maximum atomic E-state index is 3.38. The zero-order valence-corrected chi connectivity index (χ0v) is 19.3. The number of hydrogen-bond acceptors (Lipinski definition) is 0. The first kappa shape index (κ1) is 27.3.